The topological polar surface area (TPSA) is 167 Å². The molecule has 162 valence electrons. The molecule has 4 rings (SSSR count). The second-order valence-corrected chi connectivity index (χ2v) is 6.56. The van der Waals surface area contributed by atoms with Gasteiger partial charge in [-0.1, -0.05) is 29.5 Å². The number of rotatable bonds is 6. The number of nitrogens with zero attached hydrogens (tertiary/aromatic N) is 6. The summed E-state index contributed by atoms with van der Waals surface area (Å²) in [4.78, 5) is 13.0. The minimum Gasteiger partial charge on any atom is -0.507 e. The van der Waals surface area contributed by atoms with Gasteiger partial charge in [-0.15, -0.1) is 5.10 Å². The quantitative estimate of drug-likeness (QED) is 0.303. The van der Waals surface area contributed by atoms with Crippen molar-refractivity contribution < 1.29 is 19.3 Å². The lowest BCUT2D eigenvalue weighted by atomic mass is 10.1. The van der Waals surface area contributed by atoms with E-state index in [1.807, 2.05) is 0 Å². The van der Waals surface area contributed by atoms with Crippen LogP contribution in [0.3, 0.4) is 0 Å². The van der Waals surface area contributed by atoms with Crippen LogP contribution in [0.1, 0.15) is 23.0 Å². The van der Waals surface area contributed by atoms with Crippen LogP contribution in [-0.4, -0.2) is 49.1 Å². The van der Waals surface area contributed by atoms with Gasteiger partial charge in [-0.2, -0.15) is 9.78 Å². The van der Waals surface area contributed by atoms with Crippen LogP contribution in [0, 0.1) is 0 Å². The molecule has 4 aromatic rings. The molecule has 0 bridgehead atoms. The summed E-state index contributed by atoms with van der Waals surface area (Å²) in [5, 5.41) is 29.3. The molecule has 4 N–H and O–H groups in total. The number of methoxy groups -OCH3 is 1. The molecule has 0 aliphatic heterocycles. The zero-order valence-electron chi connectivity index (χ0n) is 17.1. The number of phenolic OH excluding ortho intramolecular Hbond substituents is 1. The Morgan fingerprint density at radius 2 is 2.03 bits per heavy atom. The first-order chi connectivity index (χ1) is 15.5. The van der Waals surface area contributed by atoms with Crippen molar-refractivity contribution in [3.8, 4) is 28.6 Å². The van der Waals surface area contributed by atoms with Crippen molar-refractivity contribution in [1.82, 2.24) is 30.7 Å². The highest BCUT2D eigenvalue weighted by atomic mass is 16.6. The Kier molecular flexibility index (Phi) is 5.49. The lowest BCUT2D eigenvalue weighted by molar-refractivity contribution is 0.0950. The average molecular weight is 434 g/mol. The van der Waals surface area contributed by atoms with E-state index in [1.165, 1.54) is 17.9 Å². The number of ether oxygens (including phenoxy) is 1. The van der Waals surface area contributed by atoms with Gasteiger partial charge in [-0.25, -0.2) is 10.1 Å². The predicted octanol–water partition coefficient (Wildman–Crippen LogP) is 1.77. The van der Waals surface area contributed by atoms with Crippen molar-refractivity contribution >= 4 is 17.4 Å². The lowest BCUT2D eigenvalue weighted by Gasteiger charge is -2.08. The molecule has 0 saturated heterocycles. The number of aromatic hydroxyl groups is 1. The van der Waals surface area contributed by atoms with Gasteiger partial charge in [0.1, 0.15) is 17.2 Å². The number of anilines is 1. The summed E-state index contributed by atoms with van der Waals surface area (Å²) in [6.07, 6.45) is 0. The molecule has 0 aliphatic rings. The van der Waals surface area contributed by atoms with Crippen LogP contribution in [0.4, 0.5) is 5.82 Å². The SMILES string of the molecule is COc1cccc(-c2c(C(=O)NN=C(C)c3ccccc3O)nnn2-c2nonc2N)c1. The lowest BCUT2D eigenvalue weighted by Crippen LogP contribution is -2.21. The van der Waals surface area contributed by atoms with Gasteiger partial charge in [0.25, 0.3) is 5.91 Å². The zero-order chi connectivity index (χ0) is 22.7. The van der Waals surface area contributed by atoms with Crippen molar-refractivity contribution in [2.75, 3.05) is 12.8 Å². The summed E-state index contributed by atoms with van der Waals surface area (Å²) >= 11 is 0. The van der Waals surface area contributed by atoms with Crippen molar-refractivity contribution in [2.24, 2.45) is 5.10 Å². The Bertz CT molecular complexity index is 1310. The van der Waals surface area contributed by atoms with Gasteiger partial charge < -0.3 is 15.6 Å². The molecule has 0 radical (unpaired) electrons. The molecule has 0 atom stereocenters. The summed E-state index contributed by atoms with van der Waals surface area (Å²) in [6, 6.07) is 13.6. The van der Waals surface area contributed by atoms with E-state index in [0.29, 0.717) is 22.6 Å². The second kappa shape index (κ2) is 8.55. The molecule has 2 aromatic heterocycles. The summed E-state index contributed by atoms with van der Waals surface area (Å²) < 4.78 is 11.2. The van der Waals surface area contributed by atoms with Gasteiger partial charge in [0.2, 0.25) is 11.6 Å². The standard InChI is InChI=1S/C20H18N8O4/c1-11(14-8-3-4-9-15(14)29)22-24-20(30)16-17(12-6-5-7-13(10-12)31-2)28(27-23-16)19-18(21)25-32-26-19/h3-10,29H,1-2H3,(H2,21,25)(H,24,30). The smallest absolute Gasteiger partial charge is 0.294 e. The first-order valence-electron chi connectivity index (χ1n) is 9.31. The highest BCUT2D eigenvalue weighted by Crippen LogP contribution is 2.29. The number of carbonyl (C=O) groups is 1. The fourth-order valence-electron chi connectivity index (χ4n) is 2.98. The number of benzene rings is 2. The van der Waals surface area contributed by atoms with Crippen molar-refractivity contribution in [3.63, 3.8) is 0 Å². The van der Waals surface area contributed by atoms with E-state index < -0.39 is 5.91 Å². The summed E-state index contributed by atoms with van der Waals surface area (Å²) in [5.41, 5.74) is 9.91. The van der Waals surface area contributed by atoms with Gasteiger partial charge >= 0.3 is 0 Å². The van der Waals surface area contributed by atoms with Gasteiger partial charge in [-0.05, 0) is 41.5 Å². The van der Waals surface area contributed by atoms with E-state index in [9.17, 15) is 9.90 Å². The monoisotopic (exact) mass is 434 g/mol. The van der Waals surface area contributed by atoms with Crippen LogP contribution >= 0.6 is 0 Å². The fraction of sp³-hybridized carbons (Fsp3) is 0.100. The van der Waals surface area contributed by atoms with Crippen LogP contribution in [0.2, 0.25) is 0 Å². The van der Waals surface area contributed by atoms with Crippen LogP contribution in [-0.2, 0) is 0 Å². The van der Waals surface area contributed by atoms with Crippen LogP contribution in [0.5, 0.6) is 11.5 Å². The van der Waals surface area contributed by atoms with Crippen molar-refractivity contribution in [2.45, 2.75) is 6.92 Å². The molecule has 0 saturated carbocycles. The number of hydrazone groups is 1. The van der Waals surface area contributed by atoms with Gasteiger partial charge in [0, 0.05) is 11.1 Å². The fourth-order valence-corrected chi connectivity index (χ4v) is 2.98. The first-order valence-corrected chi connectivity index (χ1v) is 9.31. The Morgan fingerprint density at radius 3 is 2.75 bits per heavy atom. The molecule has 32 heavy (non-hydrogen) atoms. The number of nitrogens with one attached hydrogen (secondary N) is 1. The number of phenols is 1. The molecule has 12 heteroatoms. The van der Waals surface area contributed by atoms with E-state index in [-0.39, 0.29) is 28.8 Å². The number of hydrogen-bond acceptors (Lipinski definition) is 10. The molecular formula is C20H18N8O4. The van der Waals surface area contributed by atoms with Crippen LogP contribution in [0.25, 0.3) is 17.1 Å². The molecule has 12 nitrogen and oxygen atoms in total. The molecule has 0 aliphatic carbocycles. The summed E-state index contributed by atoms with van der Waals surface area (Å²) in [6.45, 7) is 1.65. The molecular weight excluding hydrogens is 416 g/mol. The van der Waals surface area contributed by atoms with Crippen LogP contribution < -0.4 is 15.9 Å². The highest BCUT2D eigenvalue weighted by molar-refractivity contribution is 6.03. The van der Waals surface area contributed by atoms with E-state index >= 15 is 0 Å². The molecule has 0 unspecified atom stereocenters. The summed E-state index contributed by atoms with van der Waals surface area (Å²) in [7, 11) is 1.53. The first kappa shape index (κ1) is 20.5. The van der Waals surface area contributed by atoms with E-state index in [2.05, 4.69) is 35.8 Å². The largest absolute Gasteiger partial charge is 0.507 e. The Morgan fingerprint density at radius 1 is 1.22 bits per heavy atom. The maximum Gasteiger partial charge on any atom is 0.294 e. The van der Waals surface area contributed by atoms with E-state index in [0.717, 1.165) is 0 Å². The maximum atomic E-state index is 13.0. The number of amides is 1. The summed E-state index contributed by atoms with van der Waals surface area (Å²) in [5.74, 6) is 0.00263. The number of aromatic nitrogens is 5. The van der Waals surface area contributed by atoms with E-state index in [1.54, 1.807) is 49.4 Å². The number of nitrogen functional groups attached to an aromatic ring is 1. The second-order valence-electron chi connectivity index (χ2n) is 6.56. The normalized spacial score (nSPS) is 11.4. The van der Waals surface area contributed by atoms with Gasteiger partial charge in [0.15, 0.2) is 5.69 Å². The third-order valence-corrected chi connectivity index (χ3v) is 4.54. The molecule has 0 fully saturated rings. The maximum absolute atomic E-state index is 13.0. The van der Waals surface area contributed by atoms with Crippen molar-refractivity contribution in [3.05, 3.63) is 59.8 Å². The number of nitrogens with two attached hydrogens (primary N) is 1. The average Bonchev–Trinajstić information content (AvgIpc) is 3.43. The molecule has 2 heterocycles. The number of hydrogen-bond donors (Lipinski definition) is 3. The minimum atomic E-state index is -0.640. The van der Waals surface area contributed by atoms with Gasteiger partial charge in [0.05, 0.1) is 12.8 Å². The highest BCUT2D eigenvalue weighted by Gasteiger charge is 2.25. The molecule has 2 aromatic carbocycles. The molecule has 1 amide bonds. The minimum absolute atomic E-state index is 0.0283. The number of para-hydroxylation sites is 1. The predicted molar refractivity (Wildman–Crippen MR) is 113 cm³/mol. The van der Waals surface area contributed by atoms with E-state index in [4.69, 9.17) is 10.5 Å². The third kappa shape index (κ3) is 3.84. The zero-order valence-corrected chi connectivity index (χ0v) is 17.1. The molecule has 0 spiro atoms. The Labute approximate surface area is 181 Å². The van der Waals surface area contributed by atoms with Crippen LogP contribution in [0.15, 0.2) is 58.3 Å². The Hall–Kier alpha value is -4.74. The van der Waals surface area contributed by atoms with Gasteiger partial charge in [-0.3, -0.25) is 4.79 Å². The Balaban J connectivity index is 1.75. The third-order valence-electron chi connectivity index (χ3n) is 4.54. The number of carbonyl (C=O) groups excluding carboxylic acids is 1. The van der Waals surface area contributed by atoms with Crippen molar-refractivity contribution in [1.29, 1.82) is 0 Å².